The van der Waals surface area contributed by atoms with E-state index < -0.39 is 48.3 Å². The van der Waals surface area contributed by atoms with Crippen LogP contribution >= 0.6 is 11.6 Å². The average Bonchev–Trinajstić information content (AvgIpc) is 3.18. The zero-order valence-electron chi connectivity index (χ0n) is 15.1. The molecular formula is C18H18ClFN2O5S2. The molecule has 156 valence electrons. The number of likely N-dealkylation sites (tertiary alicyclic amines) is 1. The van der Waals surface area contributed by atoms with Crippen LogP contribution in [0.25, 0.3) is 0 Å². The molecule has 29 heavy (non-hydrogen) atoms. The number of amides is 1. The van der Waals surface area contributed by atoms with Gasteiger partial charge in [0.25, 0.3) is 0 Å². The van der Waals surface area contributed by atoms with Gasteiger partial charge in [-0.15, -0.1) is 0 Å². The van der Waals surface area contributed by atoms with Crippen LogP contribution in [0.4, 0.5) is 4.39 Å². The molecule has 1 aliphatic rings. The fraction of sp³-hybridized carbons (Fsp3) is 0.278. The molecule has 1 atom stereocenters. The molecule has 0 aromatic heterocycles. The second-order valence-electron chi connectivity index (χ2n) is 6.50. The Morgan fingerprint density at radius 3 is 2.41 bits per heavy atom. The van der Waals surface area contributed by atoms with Crippen LogP contribution in [0.3, 0.4) is 0 Å². The van der Waals surface area contributed by atoms with E-state index >= 15 is 0 Å². The van der Waals surface area contributed by atoms with Gasteiger partial charge in [0.2, 0.25) is 15.9 Å². The summed E-state index contributed by atoms with van der Waals surface area (Å²) in [6.07, 6.45) is 0.233. The minimum absolute atomic E-state index is 0.0504. The molecule has 1 fully saturated rings. The first kappa shape index (κ1) is 21.7. The number of benzene rings is 2. The van der Waals surface area contributed by atoms with Crippen molar-refractivity contribution in [3.05, 3.63) is 59.4 Å². The average molecular weight is 461 g/mol. The molecule has 1 N–H and O–H groups in total. The van der Waals surface area contributed by atoms with Crippen LogP contribution in [0.1, 0.15) is 6.42 Å². The molecule has 0 aliphatic carbocycles. The van der Waals surface area contributed by atoms with Crippen LogP contribution in [-0.4, -0.2) is 52.5 Å². The van der Waals surface area contributed by atoms with Crippen molar-refractivity contribution in [3.63, 3.8) is 0 Å². The highest BCUT2D eigenvalue weighted by atomic mass is 35.5. The molecule has 1 heterocycles. The molecule has 1 aliphatic heterocycles. The van der Waals surface area contributed by atoms with Crippen LogP contribution < -0.4 is 4.72 Å². The summed E-state index contributed by atoms with van der Waals surface area (Å²) in [6, 6.07) is 10.6. The first-order chi connectivity index (χ1) is 13.6. The van der Waals surface area contributed by atoms with Gasteiger partial charge in [0.15, 0.2) is 9.84 Å². The van der Waals surface area contributed by atoms with E-state index in [1.54, 1.807) is 0 Å². The molecule has 7 nitrogen and oxygen atoms in total. The van der Waals surface area contributed by atoms with Crippen molar-refractivity contribution >= 4 is 37.4 Å². The number of nitrogens with one attached hydrogen (secondary N) is 1. The zero-order valence-corrected chi connectivity index (χ0v) is 17.5. The maximum atomic E-state index is 13.7. The van der Waals surface area contributed by atoms with Gasteiger partial charge in [-0.3, -0.25) is 4.79 Å². The first-order valence-electron chi connectivity index (χ1n) is 8.63. The topological polar surface area (TPSA) is 101 Å². The normalized spacial score (nSPS) is 17.4. The highest BCUT2D eigenvalue weighted by Crippen LogP contribution is 2.25. The molecule has 1 saturated heterocycles. The Balaban J connectivity index is 1.64. The summed E-state index contributed by atoms with van der Waals surface area (Å²) in [7, 11) is -7.86. The first-order valence-corrected chi connectivity index (χ1v) is 12.0. The highest BCUT2D eigenvalue weighted by Gasteiger charge is 2.36. The van der Waals surface area contributed by atoms with Crippen molar-refractivity contribution < 1.29 is 26.0 Å². The summed E-state index contributed by atoms with van der Waals surface area (Å²) in [5.74, 6) is -1.51. The predicted molar refractivity (Wildman–Crippen MR) is 105 cm³/mol. The van der Waals surface area contributed by atoms with Crippen LogP contribution in [0.15, 0.2) is 58.3 Å². The number of carbonyl (C=O) groups is 1. The Labute approximate surface area is 173 Å². The van der Waals surface area contributed by atoms with E-state index in [2.05, 4.69) is 4.72 Å². The van der Waals surface area contributed by atoms with Gasteiger partial charge in [-0.2, -0.15) is 0 Å². The molecule has 0 saturated carbocycles. The van der Waals surface area contributed by atoms with Gasteiger partial charge >= 0.3 is 0 Å². The summed E-state index contributed by atoms with van der Waals surface area (Å²) in [6.45, 7) is -0.465. The monoisotopic (exact) mass is 460 g/mol. The molecule has 1 amide bonds. The van der Waals surface area contributed by atoms with Gasteiger partial charge in [0.05, 0.1) is 16.7 Å². The third kappa shape index (κ3) is 4.77. The minimum atomic E-state index is -4.21. The number of carbonyl (C=O) groups excluding carboxylic acids is 1. The Morgan fingerprint density at radius 1 is 1.10 bits per heavy atom. The molecule has 0 bridgehead atoms. The second kappa shape index (κ2) is 8.39. The second-order valence-corrected chi connectivity index (χ2v) is 10.9. The number of rotatable bonds is 6. The highest BCUT2D eigenvalue weighted by molar-refractivity contribution is 7.92. The number of hydrogen-bond acceptors (Lipinski definition) is 5. The number of sulfonamides is 1. The summed E-state index contributed by atoms with van der Waals surface area (Å²) in [5.41, 5.74) is 0. The molecule has 0 radical (unpaired) electrons. The maximum absolute atomic E-state index is 13.7. The van der Waals surface area contributed by atoms with Crippen molar-refractivity contribution in [3.8, 4) is 0 Å². The van der Waals surface area contributed by atoms with E-state index in [1.807, 2.05) is 0 Å². The van der Waals surface area contributed by atoms with Crippen molar-refractivity contribution in [1.82, 2.24) is 9.62 Å². The predicted octanol–water partition coefficient (Wildman–Crippen LogP) is 1.83. The minimum Gasteiger partial charge on any atom is -0.340 e. The van der Waals surface area contributed by atoms with Crippen LogP contribution in [0.2, 0.25) is 5.02 Å². The summed E-state index contributed by atoms with van der Waals surface area (Å²) < 4.78 is 65.5. The van der Waals surface area contributed by atoms with Crippen molar-refractivity contribution in [2.45, 2.75) is 21.5 Å². The lowest BCUT2D eigenvalue weighted by molar-refractivity contribution is -0.128. The van der Waals surface area contributed by atoms with Gasteiger partial charge in [0.1, 0.15) is 10.7 Å². The zero-order chi connectivity index (χ0) is 21.2. The van der Waals surface area contributed by atoms with Crippen LogP contribution in [0, 0.1) is 5.82 Å². The largest absolute Gasteiger partial charge is 0.340 e. The van der Waals surface area contributed by atoms with Gasteiger partial charge < -0.3 is 4.90 Å². The van der Waals surface area contributed by atoms with Gasteiger partial charge in [-0.1, -0.05) is 23.7 Å². The molecular weight excluding hydrogens is 443 g/mol. The lowest BCUT2D eigenvalue weighted by Crippen LogP contribution is -2.40. The van der Waals surface area contributed by atoms with E-state index in [-0.39, 0.29) is 24.4 Å². The van der Waals surface area contributed by atoms with E-state index in [9.17, 15) is 26.0 Å². The van der Waals surface area contributed by atoms with Gasteiger partial charge in [0, 0.05) is 18.1 Å². The Hall–Kier alpha value is -2.01. The van der Waals surface area contributed by atoms with Gasteiger partial charge in [-0.25, -0.2) is 25.9 Å². The lowest BCUT2D eigenvalue weighted by Gasteiger charge is -2.17. The number of hydrogen-bond donors (Lipinski definition) is 1. The van der Waals surface area contributed by atoms with Crippen molar-refractivity contribution in [2.75, 3.05) is 19.6 Å². The SMILES string of the molecule is O=C(CNS(=O)(=O)c1ccccc1F)N1CCC(S(=O)(=O)c2ccc(Cl)cc2)C1. The Kier molecular flexibility index (Phi) is 6.27. The molecule has 11 heteroatoms. The molecule has 0 spiro atoms. The van der Waals surface area contributed by atoms with Crippen molar-refractivity contribution in [1.29, 1.82) is 0 Å². The maximum Gasteiger partial charge on any atom is 0.243 e. The molecule has 2 aromatic rings. The summed E-state index contributed by atoms with van der Waals surface area (Å²) in [4.78, 5) is 13.2. The summed E-state index contributed by atoms with van der Waals surface area (Å²) in [5, 5.41) is -0.384. The van der Waals surface area contributed by atoms with E-state index in [1.165, 1.54) is 41.3 Å². The van der Waals surface area contributed by atoms with Crippen LogP contribution in [0.5, 0.6) is 0 Å². The Bertz CT molecular complexity index is 1120. The van der Waals surface area contributed by atoms with Gasteiger partial charge in [-0.05, 0) is 42.8 Å². The molecule has 3 rings (SSSR count). The molecule has 1 unspecified atom stereocenters. The molecule has 2 aromatic carbocycles. The Morgan fingerprint density at radius 2 is 1.76 bits per heavy atom. The quantitative estimate of drug-likeness (QED) is 0.708. The third-order valence-corrected chi connectivity index (χ3v) is 8.50. The standard InChI is InChI=1S/C18H18ClFN2O5S2/c19-13-5-7-14(8-6-13)28(24,25)15-9-10-22(12-15)18(23)11-21-29(26,27)17-4-2-1-3-16(17)20/h1-8,15,21H,9-12H2. The van der Waals surface area contributed by atoms with Crippen molar-refractivity contribution in [2.24, 2.45) is 0 Å². The van der Waals surface area contributed by atoms with E-state index in [4.69, 9.17) is 11.6 Å². The fourth-order valence-electron chi connectivity index (χ4n) is 3.03. The number of halogens is 2. The third-order valence-electron chi connectivity index (χ3n) is 4.62. The fourth-order valence-corrected chi connectivity index (χ4v) is 5.90. The number of nitrogens with zero attached hydrogens (tertiary/aromatic N) is 1. The van der Waals surface area contributed by atoms with E-state index in [0.29, 0.717) is 5.02 Å². The van der Waals surface area contributed by atoms with Crippen LogP contribution in [-0.2, 0) is 24.7 Å². The van der Waals surface area contributed by atoms with E-state index in [0.717, 1.165) is 12.1 Å². The lowest BCUT2D eigenvalue weighted by atomic mass is 10.4. The number of sulfone groups is 1. The smallest absolute Gasteiger partial charge is 0.243 e. The summed E-state index contributed by atoms with van der Waals surface area (Å²) >= 11 is 5.78.